The molecule has 0 radical (unpaired) electrons. The van der Waals surface area contributed by atoms with Crippen molar-refractivity contribution in [3.8, 4) is 0 Å². The summed E-state index contributed by atoms with van der Waals surface area (Å²) < 4.78 is 1.89. The lowest BCUT2D eigenvalue weighted by molar-refractivity contribution is 0.787. The molecule has 0 atom stereocenters. The highest BCUT2D eigenvalue weighted by molar-refractivity contribution is 7.09. The van der Waals surface area contributed by atoms with Gasteiger partial charge in [0.25, 0.3) is 0 Å². The van der Waals surface area contributed by atoms with Gasteiger partial charge in [-0.2, -0.15) is 5.10 Å². The summed E-state index contributed by atoms with van der Waals surface area (Å²) in [6, 6.07) is 2.10. The van der Waals surface area contributed by atoms with E-state index < -0.39 is 0 Å². The highest BCUT2D eigenvalue weighted by atomic mass is 32.1. The first-order chi connectivity index (χ1) is 10.1. The van der Waals surface area contributed by atoms with Crippen LogP contribution in [-0.2, 0) is 6.42 Å². The Kier molecular flexibility index (Phi) is 3.88. The van der Waals surface area contributed by atoms with E-state index in [1.807, 2.05) is 17.6 Å². The lowest BCUT2D eigenvalue weighted by Gasteiger charge is -2.05. The third kappa shape index (κ3) is 3.05. The van der Waals surface area contributed by atoms with Gasteiger partial charge < -0.3 is 5.32 Å². The van der Waals surface area contributed by atoms with E-state index in [4.69, 9.17) is 0 Å². The molecule has 0 bridgehead atoms. The molecule has 3 heterocycles. The van der Waals surface area contributed by atoms with E-state index in [0.717, 1.165) is 40.7 Å². The lowest BCUT2D eigenvalue weighted by Crippen LogP contribution is -2.07. The number of rotatable bonds is 5. The van der Waals surface area contributed by atoms with E-state index in [2.05, 4.69) is 45.7 Å². The highest BCUT2D eigenvalue weighted by Gasteiger charge is 2.09. The van der Waals surface area contributed by atoms with Gasteiger partial charge in [0.1, 0.15) is 5.52 Å². The van der Waals surface area contributed by atoms with Crippen LogP contribution in [0.25, 0.3) is 5.52 Å². The Hall–Kier alpha value is -1.95. The largest absolute Gasteiger partial charge is 0.368 e. The topological polar surface area (TPSA) is 55.1 Å². The van der Waals surface area contributed by atoms with Crippen molar-refractivity contribution in [3.05, 3.63) is 40.2 Å². The van der Waals surface area contributed by atoms with Crippen LogP contribution in [0.3, 0.4) is 0 Å². The van der Waals surface area contributed by atoms with E-state index in [9.17, 15) is 0 Å². The Morgan fingerprint density at radius 2 is 2.24 bits per heavy atom. The van der Waals surface area contributed by atoms with Crippen LogP contribution in [0.15, 0.2) is 23.8 Å². The van der Waals surface area contributed by atoms with E-state index in [-0.39, 0.29) is 0 Å². The van der Waals surface area contributed by atoms with Crippen molar-refractivity contribution in [1.29, 1.82) is 0 Å². The predicted molar refractivity (Wildman–Crippen MR) is 86.1 cm³/mol. The van der Waals surface area contributed by atoms with Crippen LogP contribution in [-0.4, -0.2) is 26.1 Å². The Morgan fingerprint density at radius 1 is 1.38 bits per heavy atom. The summed E-state index contributed by atoms with van der Waals surface area (Å²) in [5, 5.41) is 11.2. The third-order valence-corrected chi connectivity index (χ3v) is 4.16. The first kappa shape index (κ1) is 14.0. The van der Waals surface area contributed by atoms with Crippen molar-refractivity contribution in [2.45, 2.75) is 33.1 Å². The van der Waals surface area contributed by atoms with Crippen molar-refractivity contribution < 1.29 is 0 Å². The smallest absolute Gasteiger partial charge is 0.152 e. The summed E-state index contributed by atoms with van der Waals surface area (Å²) in [5.41, 5.74) is 3.24. The van der Waals surface area contributed by atoms with Crippen molar-refractivity contribution in [2.24, 2.45) is 0 Å². The van der Waals surface area contributed by atoms with E-state index >= 15 is 0 Å². The molecule has 0 spiro atoms. The first-order valence-electron chi connectivity index (χ1n) is 7.12. The second-order valence-corrected chi connectivity index (χ2v) is 6.43. The van der Waals surface area contributed by atoms with E-state index in [0.29, 0.717) is 5.92 Å². The number of aryl methyl sites for hydroxylation is 1. The van der Waals surface area contributed by atoms with E-state index in [1.54, 1.807) is 17.5 Å². The molecule has 1 N–H and O–H groups in total. The molecule has 6 heteroatoms. The van der Waals surface area contributed by atoms with Crippen LogP contribution >= 0.6 is 11.3 Å². The van der Waals surface area contributed by atoms with Crippen LogP contribution in [0.2, 0.25) is 0 Å². The maximum absolute atomic E-state index is 4.57. The maximum atomic E-state index is 4.57. The van der Waals surface area contributed by atoms with Crippen molar-refractivity contribution in [2.75, 3.05) is 11.9 Å². The Balaban J connectivity index is 1.74. The molecule has 0 aromatic carbocycles. The standard InChI is InChI=1S/C15H19N5S/c1-10(2)13-8-14-15(17-6-7-20(14)19-13)16-5-4-12-9-21-11(3)18-12/h6-10H,4-5H2,1-3H3,(H,16,17). The van der Waals surface area contributed by atoms with Crippen LogP contribution in [0.1, 0.15) is 36.2 Å². The molecule has 0 unspecified atom stereocenters. The summed E-state index contributed by atoms with van der Waals surface area (Å²) in [6.07, 6.45) is 4.56. The number of aromatic nitrogens is 4. The number of hydrogen-bond donors (Lipinski definition) is 1. The van der Waals surface area contributed by atoms with Gasteiger partial charge >= 0.3 is 0 Å². The predicted octanol–water partition coefficient (Wildman–Crippen LogP) is 3.27. The molecule has 110 valence electrons. The van der Waals surface area contributed by atoms with Gasteiger partial charge in [0.15, 0.2) is 5.82 Å². The molecule has 0 saturated heterocycles. The number of nitrogens with one attached hydrogen (secondary N) is 1. The van der Waals surface area contributed by atoms with Crippen molar-refractivity contribution in [1.82, 2.24) is 19.6 Å². The van der Waals surface area contributed by atoms with Gasteiger partial charge in [0.05, 0.1) is 16.4 Å². The minimum atomic E-state index is 0.413. The summed E-state index contributed by atoms with van der Waals surface area (Å²) in [4.78, 5) is 8.90. The number of hydrogen-bond acceptors (Lipinski definition) is 5. The molecule has 0 amide bonds. The highest BCUT2D eigenvalue weighted by Crippen LogP contribution is 2.19. The van der Waals surface area contributed by atoms with Crippen molar-refractivity contribution >= 4 is 22.7 Å². The second-order valence-electron chi connectivity index (χ2n) is 5.36. The lowest BCUT2D eigenvalue weighted by atomic mass is 10.1. The summed E-state index contributed by atoms with van der Waals surface area (Å²) in [7, 11) is 0. The Morgan fingerprint density at radius 3 is 2.95 bits per heavy atom. The molecule has 21 heavy (non-hydrogen) atoms. The first-order valence-corrected chi connectivity index (χ1v) is 8.00. The molecule has 0 aliphatic rings. The molecule has 0 saturated carbocycles. The average Bonchev–Trinajstić information content (AvgIpc) is 3.05. The van der Waals surface area contributed by atoms with Crippen LogP contribution < -0.4 is 5.32 Å². The normalized spacial score (nSPS) is 11.4. The third-order valence-electron chi connectivity index (χ3n) is 3.34. The number of nitrogens with zero attached hydrogens (tertiary/aromatic N) is 4. The molecule has 5 nitrogen and oxygen atoms in total. The van der Waals surface area contributed by atoms with Gasteiger partial charge in [-0.1, -0.05) is 13.8 Å². The van der Waals surface area contributed by atoms with Gasteiger partial charge in [0, 0.05) is 30.7 Å². The van der Waals surface area contributed by atoms with Gasteiger partial charge in [-0.3, -0.25) is 0 Å². The summed E-state index contributed by atoms with van der Waals surface area (Å²) in [5.74, 6) is 1.29. The minimum absolute atomic E-state index is 0.413. The van der Waals surface area contributed by atoms with Gasteiger partial charge in [-0.05, 0) is 18.9 Å². The monoisotopic (exact) mass is 301 g/mol. The molecule has 0 aliphatic carbocycles. The number of anilines is 1. The average molecular weight is 301 g/mol. The molecular formula is C15H19N5S. The van der Waals surface area contributed by atoms with Gasteiger partial charge in [0.2, 0.25) is 0 Å². The zero-order valence-electron chi connectivity index (χ0n) is 12.5. The molecular weight excluding hydrogens is 282 g/mol. The fraction of sp³-hybridized carbons (Fsp3) is 0.400. The zero-order valence-corrected chi connectivity index (χ0v) is 13.3. The Bertz CT molecular complexity index is 743. The molecule has 3 rings (SSSR count). The molecule has 3 aromatic rings. The maximum Gasteiger partial charge on any atom is 0.152 e. The van der Waals surface area contributed by atoms with Crippen molar-refractivity contribution in [3.63, 3.8) is 0 Å². The molecule has 0 fully saturated rings. The molecule has 0 aliphatic heterocycles. The fourth-order valence-electron chi connectivity index (χ4n) is 2.19. The quantitative estimate of drug-likeness (QED) is 0.786. The Labute approximate surface area is 128 Å². The van der Waals surface area contributed by atoms with Crippen LogP contribution in [0, 0.1) is 6.92 Å². The van der Waals surface area contributed by atoms with Gasteiger partial charge in [-0.25, -0.2) is 14.5 Å². The summed E-state index contributed by atoms with van der Waals surface area (Å²) >= 11 is 1.69. The van der Waals surface area contributed by atoms with Crippen LogP contribution in [0.4, 0.5) is 5.82 Å². The second kappa shape index (κ2) is 5.81. The van der Waals surface area contributed by atoms with E-state index in [1.165, 1.54) is 0 Å². The minimum Gasteiger partial charge on any atom is -0.368 e. The molecule has 3 aromatic heterocycles. The fourth-order valence-corrected chi connectivity index (χ4v) is 2.84. The number of thiazole rings is 1. The number of fused-ring (bicyclic) bond motifs is 1. The zero-order chi connectivity index (χ0) is 14.8. The van der Waals surface area contributed by atoms with Crippen LogP contribution in [0.5, 0.6) is 0 Å². The SMILES string of the molecule is Cc1nc(CCNc2nccn3nc(C(C)C)cc23)cs1. The summed E-state index contributed by atoms with van der Waals surface area (Å²) in [6.45, 7) is 7.14. The van der Waals surface area contributed by atoms with Gasteiger partial charge in [-0.15, -0.1) is 11.3 Å².